The van der Waals surface area contributed by atoms with Crippen molar-refractivity contribution in [3.8, 4) is 11.3 Å². The predicted molar refractivity (Wildman–Crippen MR) is 91.8 cm³/mol. The Morgan fingerprint density at radius 2 is 2.22 bits per heavy atom. The fourth-order valence-corrected chi connectivity index (χ4v) is 2.97. The second-order valence-electron chi connectivity index (χ2n) is 5.40. The topological polar surface area (TPSA) is 113 Å². The molecule has 9 heteroatoms. The monoisotopic (exact) mass is 355 g/mol. The van der Waals surface area contributed by atoms with E-state index in [9.17, 15) is 9.59 Å². The molecule has 2 aromatic heterocycles. The maximum atomic E-state index is 12.1. The van der Waals surface area contributed by atoms with Crippen molar-refractivity contribution >= 4 is 40.7 Å². The number of primary amides is 1. The number of nitrogens with two attached hydrogens (primary N) is 1. The molecule has 2 aromatic rings. The van der Waals surface area contributed by atoms with Crippen molar-refractivity contribution in [1.29, 1.82) is 0 Å². The van der Waals surface area contributed by atoms with E-state index in [2.05, 4.69) is 20.6 Å². The molecule has 1 unspecified atom stereocenters. The molecular formula is C14H18ClN5O2S. The number of halogens is 1. The van der Waals surface area contributed by atoms with Gasteiger partial charge in [0.1, 0.15) is 5.69 Å². The average Bonchev–Trinajstić information content (AvgIpc) is 3.04. The van der Waals surface area contributed by atoms with Crippen LogP contribution in [0.15, 0.2) is 17.6 Å². The fraction of sp³-hybridized carbons (Fsp3) is 0.357. The van der Waals surface area contributed by atoms with E-state index in [0.29, 0.717) is 22.4 Å². The number of rotatable bonds is 5. The SMILES string of the molecule is CC(C(=O)Nc1nc(-c2c[nH]c(C(N)=O)c2)cs1)C1CNC1.Cl. The van der Waals surface area contributed by atoms with Crippen LogP contribution in [-0.2, 0) is 4.79 Å². The number of carbonyl (C=O) groups is 2. The van der Waals surface area contributed by atoms with Gasteiger partial charge in [-0.05, 0) is 25.1 Å². The van der Waals surface area contributed by atoms with E-state index in [1.807, 2.05) is 12.3 Å². The Hall–Kier alpha value is -1.90. The van der Waals surface area contributed by atoms with E-state index in [1.165, 1.54) is 11.3 Å². The van der Waals surface area contributed by atoms with Gasteiger partial charge in [-0.2, -0.15) is 0 Å². The number of nitrogens with one attached hydrogen (secondary N) is 3. The second-order valence-corrected chi connectivity index (χ2v) is 6.26. The number of hydrogen-bond acceptors (Lipinski definition) is 5. The van der Waals surface area contributed by atoms with Gasteiger partial charge in [0.15, 0.2) is 5.13 Å². The summed E-state index contributed by atoms with van der Waals surface area (Å²) in [5.41, 5.74) is 7.00. The van der Waals surface area contributed by atoms with Gasteiger partial charge in [0.25, 0.3) is 5.91 Å². The van der Waals surface area contributed by atoms with E-state index in [1.54, 1.807) is 12.3 Å². The highest BCUT2D eigenvalue weighted by Gasteiger charge is 2.29. The summed E-state index contributed by atoms with van der Waals surface area (Å²) in [5, 5.41) is 8.40. The zero-order valence-electron chi connectivity index (χ0n) is 12.5. The summed E-state index contributed by atoms with van der Waals surface area (Å²) in [5.74, 6) is -0.179. The van der Waals surface area contributed by atoms with Crippen molar-refractivity contribution in [1.82, 2.24) is 15.3 Å². The smallest absolute Gasteiger partial charge is 0.265 e. The van der Waals surface area contributed by atoms with E-state index >= 15 is 0 Å². The van der Waals surface area contributed by atoms with Crippen LogP contribution in [0.3, 0.4) is 0 Å². The maximum Gasteiger partial charge on any atom is 0.265 e. The van der Waals surface area contributed by atoms with E-state index in [4.69, 9.17) is 5.73 Å². The lowest BCUT2D eigenvalue weighted by molar-refractivity contribution is -0.121. The van der Waals surface area contributed by atoms with Gasteiger partial charge in [0, 0.05) is 23.1 Å². The molecule has 1 atom stereocenters. The number of amides is 2. The van der Waals surface area contributed by atoms with Crippen LogP contribution in [-0.4, -0.2) is 34.9 Å². The third kappa shape index (κ3) is 3.72. The summed E-state index contributed by atoms with van der Waals surface area (Å²) in [4.78, 5) is 30.4. The molecule has 1 aliphatic rings. The van der Waals surface area contributed by atoms with Crippen molar-refractivity contribution in [2.24, 2.45) is 17.6 Å². The summed E-state index contributed by atoms with van der Waals surface area (Å²) in [7, 11) is 0. The van der Waals surface area contributed by atoms with Crippen LogP contribution in [0, 0.1) is 11.8 Å². The average molecular weight is 356 g/mol. The zero-order chi connectivity index (χ0) is 15.7. The van der Waals surface area contributed by atoms with E-state index in [0.717, 1.165) is 18.7 Å². The Bertz CT molecular complexity index is 710. The van der Waals surface area contributed by atoms with Gasteiger partial charge < -0.3 is 21.4 Å². The Morgan fingerprint density at radius 3 is 2.78 bits per heavy atom. The molecule has 0 saturated carbocycles. The summed E-state index contributed by atoms with van der Waals surface area (Å²) in [6, 6.07) is 1.64. The van der Waals surface area contributed by atoms with E-state index in [-0.39, 0.29) is 24.2 Å². The van der Waals surface area contributed by atoms with Gasteiger partial charge in [-0.3, -0.25) is 9.59 Å². The van der Waals surface area contributed by atoms with Gasteiger partial charge in [-0.1, -0.05) is 6.92 Å². The minimum absolute atomic E-state index is 0. The second kappa shape index (κ2) is 7.12. The highest BCUT2D eigenvalue weighted by molar-refractivity contribution is 7.14. The molecule has 1 fully saturated rings. The molecule has 124 valence electrons. The van der Waals surface area contributed by atoms with Gasteiger partial charge >= 0.3 is 0 Å². The number of aromatic nitrogens is 2. The third-order valence-electron chi connectivity index (χ3n) is 3.91. The Morgan fingerprint density at radius 1 is 1.48 bits per heavy atom. The number of carbonyl (C=O) groups excluding carboxylic acids is 2. The number of H-pyrrole nitrogens is 1. The van der Waals surface area contributed by atoms with Crippen molar-refractivity contribution in [2.45, 2.75) is 6.92 Å². The molecule has 23 heavy (non-hydrogen) atoms. The summed E-state index contributed by atoms with van der Waals surface area (Å²) >= 11 is 1.36. The standard InChI is InChI=1S/C14H17N5O2S.ClH/c1-7(9-3-16-4-9)13(21)19-14-18-11(6-22-14)8-2-10(12(15)20)17-5-8;/h2,5-7,9,16-17H,3-4H2,1H3,(H2,15,20)(H,18,19,21);1H. The minimum atomic E-state index is -0.516. The van der Waals surface area contributed by atoms with E-state index < -0.39 is 5.91 Å². The van der Waals surface area contributed by atoms with Crippen LogP contribution in [0.4, 0.5) is 5.13 Å². The molecule has 3 heterocycles. The lowest BCUT2D eigenvalue weighted by Crippen LogP contribution is -2.48. The van der Waals surface area contributed by atoms with Crippen LogP contribution in [0.1, 0.15) is 17.4 Å². The minimum Gasteiger partial charge on any atom is -0.364 e. The number of hydrogen-bond donors (Lipinski definition) is 4. The zero-order valence-corrected chi connectivity index (χ0v) is 14.1. The Kier molecular flexibility index (Phi) is 5.40. The first-order valence-corrected chi connectivity index (χ1v) is 7.88. The van der Waals surface area contributed by atoms with Gasteiger partial charge in [0.05, 0.1) is 5.69 Å². The summed E-state index contributed by atoms with van der Waals surface area (Å²) < 4.78 is 0. The quantitative estimate of drug-likeness (QED) is 0.650. The Labute approximate surface area is 143 Å². The van der Waals surface area contributed by atoms with Crippen molar-refractivity contribution < 1.29 is 9.59 Å². The van der Waals surface area contributed by atoms with Gasteiger partial charge in [-0.25, -0.2) is 4.98 Å². The highest BCUT2D eigenvalue weighted by Crippen LogP contribution is 2.26. The van der Waals surface area contributed by atoms with Crippen LogP contribution in [0.25, 0.3) is 11.3 Å². The van der Waals surface area contributed by atoms with Crippen LogP contribution in [0.5, 0.6) is 0 Å². The molecular weight excluding hydrogens is 338 g/mol. The van der Waals surface area contributed by atoms with Crippen molar-refractivity contribution in [3.63, 3.8) is 0 Å². The molecule has 0 aliphatic carbocycles. The fourth-order valence-electron chi connectivity index (χ4n) is 2.25. The van der Waals surface area contributed by atoms with Gasteiger partial charge in [-0.15, -0.1) is 23.7 Å². The normalized spacial score (nSPS) is 15.3. The molecule has 0 aromatic carbocycles. The lowest BCUT2D eigenvalue weighted by atomic mass is 9.88. The van der Waals surface area contributed by atoms with Crippen LogP contribution in [0.2, 0.25) is 0 Å². The summed E-state index contributed by atoms with van der Waals surface area (Å²) in [6.07, 6.45) is 1.67. The molecule has 5 N–H and O–H groups in total. The first kappa shape index (κ1) is 17.5. The molecule has 1 saturated heterocycles. The highest BCUT2D eigenvalue weighted by atomic mass is 35.5. The molecule has 0 spiro atoms. The predicted octanol–water partition coefficient (Wildman–Crippen LogP) is 1.45. The first-order chi connectivity index (χ1) is 10.5. The molecule has 3 rings (SSSR count). The van der Waals surface area contributed by atoms with Crippen LogP contribution < -0.4 is 16.4 Å². The molecule has 2 amide bonds. The number of thiazole rings is 1. The lowest BCUT2D eigenvalue weighted by Gasteiger charge is -2.31. The first-order valence-electron chi connectivity index (χ1n) is 7.00. The van der Waals surface area contributed by atoms with Gasteiger partial charge in [0.2, 0.25) is 5.91 Å². The molecule has 0 radical (unpaired) electrons. The van der Waals surface area contributed by atoms with Crippen LogP contribution >= 0.6 is 23.7 Å². The number of anilines is 1. The number of nitrogens with zero attached hydrogens (tertiary/aromatic N) is 1. The molecule has 0 bridgehead atoms. The number of aromatic amines is 1. The Balaban J connectivity index is 0.00000192. The third-order valence-corrected chi connectivity index (χ3v) is 4.67. The largest absolute Gasteiger partial charge is 0.364 e. The summed E-state index contributed by atoms with van der Waals surface area (Å²) in [6.45, 7) is 3.70. The molecule has 1 aliphatic heterocycles. The maximum absolute atomic E-state index is 12.1. The molecule has 7 nitrogen and oxygen atoms in total. The van der Waals surface area contributed by atoms with Crippen molar-refractivity contribution in [3.05, 3.63) is 23.3 Å². The van der Waals surface area contributed by atoms with Crippen molar-refractivity contribution in [2.75, 3.05) is 18.4 Å².